The van der Waals surface area contributed by atoms with Crippen LogP contribution in [0.1, 0.15) is 44.9 Å². The number of piperidine rings is 1. The summed E-state index contributed by atoms with van der Waals surface area (Å²) in [4.78, 5) is 19.8. The second kappa shape index (κ2) is 7.95. The first-order valence-electron chi connectivity index (χ1n) is 10.1. The van der Waals surface area contributed by atoms with Crippen molar-refractivity contribution in [3.63, 3.8) is 0 Å². The Bertz CT molecular complexity index is 916. The van der Waals surface area contributed by atoms with Gasteiger partial charge in [-0.3, -0.25) is 9.36 Å². The number of para-hydroxylation sites is 3. The van der Waals surface area contributed by atoms with E-state index in [-0.39, 0.29) is 5.91 Å². The lowest BCUT2D eigenvalue weighted by atomic mass is 9.99. The zero-order chi connectivity index (χ0) is 18.6. The number of fused-ring (bicyclic) bond motifs is 1. The summed E-state index contributed by atoms with van der Waals surface area (Å²) in [6.45, 7) is 3.09. The average molecular weight is 361 g/mol. The number of benzene rings is 2. The van der Waals surface area contributed by atoms with Gasteiger partial charge in [0.15, 0.2) is 0 Å². The van der Waals surface area contributed by atoms with Gasteiger partial charge in [0, 0.05) is 31.1 Å². The van der Waals surface area contributed by atoms with Crippen LogP contribution in [0, 0.1) is 0 Å². The minimum atomic E-state index is 0.271. The number of hydrogen-bond acceptors (Lipinski definition) is 2. The highest BCUT2D eigenvalue weighted by Crippen LogP contribution is 2.24. The molecule has 1 aliphatic rings. The van der Waals surface area contributed by atoms with E-state index < -0.39 is 0 Å². The highest BCUT2D eigenvalue weighted by molar-refractivity contribution is 5.79. The molecule has 3 aromatic rings. The van der Waals surface area contributed by atoms with Crippen LogP contribution >= 0.6 is 0 Å². The second-order valence-corrected chi connectivity index (χ2v) is 7.33. The fourth-order valence-electron chi connectivity index (χ4n) is 4.22. The van der Waals surface area contributed by atoms with E-state index in [1.165, 1.54) is 6.42 Å². The predicted molar refractivity (Wildman–Crippen MR) is 109 cm³/mol. The minimum absolute atomic E-state index is 0.271. The van der Waals surface area contributed by atoms with E-state index >= 15 is 0 Å². The average Bonchev–Trinajstić information content (AvgIpc) is 3.11. The van der Waals surface area contributed by atoms with Gasteiger partial charge in [0.1, 0.15) is 5.82 Å². The molecule has 140 valence electrons. The zero-order valence-corrected chi connectivity index (χ0v) is 16.0. The lowest BCUT2D eigenvalue weighted by Gasteiger charge is -2.35. The minimum Gasteiger partial charge on any atom is -0.340 e. The van der Waals surface area contributed by atoms with Crippen molar-refractivity contribution in [1.82, 2.24) is 14.5 Å². The molecule has 2 aromatic carbocycles. The number of aryl methyl sites for hydroxylation is 1. The number of nitrogens with zero attached hydrogens (tertiary/aromatic N) is 3. The fraction of sp³-hybridized carbons (Fsp3) is 0.391. The van der Waals surface area contributed by atoms with E-state index in [0.717, 1.165) is 48.4 Å². The maximum atomic E-state index is 12.9. The molecule has 0 saturated carbocycles. The second-order valence-electron chi connectivity index (χ2n) is 7.33. The molecule has 1 fully saturated rings. The molecular weight excluding hydrogens is 334 g/mol. The molecular formula is C23H27N3O. The van der Waals surface area contributed by atoms with Crippen molar-refractivity contribution in [3.8, 4) is 5.69 Å². The van der Waals surface area contributed by atoms with Gasteiger partial charge in [-0.05, 0) is 49.9 Å². The first-order chi connectivity index (χ1) is 13.3. The van der Waals surface area contributed by atoms with Gasteiger partial charge in [-0.2, -0.15) is 0 Å². The first kappa shape index (κ1) is 17.8. The molecule has 27 heavy (non-hydrogen) atoms. The number of likely N-dealkylation sites (tertiary alicyclic amines) is 1. The summed E-state index contributed by atoms with van der Waals surface area (Å²) in [5.74, 6) is 1.23. The summed E-state index contributed by atoms with van der Waals surface area (Å²) in [5, 5.41) is 0. The predicted octanol–water partition coefficient (Wildman–Crippen LogP) is 4.75. The van der Waals surface area contributed by atoms with Crippen LogP contribution < -0.4 is 0 Å². The summed E-state index contributed by atoms with van der Waals surface area (Å²) in [6.07, 6.45) is 5.75. The molecule has 0 aliphatic carbocycles. The molecule has 0 unspecified atom stereocenters. The topological polar surface area (TPSA) is 38.1 Å². The van der Waals surface area contributed by atoms with Gasteiger partial charge >= 0.3 is 0 Å². The Morgan fingerprint density at radius 2 is 1.85 bits per heavy atom. The maximum absolute atomic E-state index is 12.9. The molecule has 1 aromatic heterocycles. The van der Waals surface area contributed by atoms with Crippen molar-refractivity contribution in [2.75, 3.05) is 6.54 Å². The summed E-state index contributed by atoms with van der Waals surface area (Å²) in [6, 6.07) is 18.9. The quantitative estimate of drug-likeness (QED) is 0.658. The van der Waals surface area contributed by atoms with Crippen LogP contribution in [0.3, 0.4) is 0 Å². The van der Waals surface area contributed by atoms with Gasteiger partial charge in [0.05, 0.1) is 11.0 Å². The highest BCUT2D eigenvalue weighted by atomic mass is 16.2. The molecule has 1 amide bonds. The Hall–Kier alpha value is -2.62. The number of hydrogen-bond donors (Lipinski definition) is 0. The van der Waals surface area contributed by atoms with Gasteiger partial charge < -0.3 is 4.90 Å². The molecule has 4 rings (SSSR count). The van der Waals surface area contributed by atoms with E-state index in [4.69, 9.17) is 4.98 Å². The van der Waals surface area contributed by atoms with Crippen molar-refractivity contribution in [2.24, 2.45) is 0 Å². The molecule has 0 bridgehead atoms. The number of amides is 1. The SMILES string of the molecule is CC[C@@H]1CCCCN1C(=O)CCc1nc2ccccc2n1-c1ccccc1. The van der Waals surface area contributed by atoms with Crippen LogP contribution in [0.15, 0.2) is 54.6 Å². The third-order valence-electron chi connectivity index (χ3n) is 5.63. The van der Waals surface area contributed by atoms with Crippen LogP contribution in [-0.2, 0) is 11.2 Å². The molecule has 4 heteroatoms. The molecule has 2 heterocycles. The largest absolute Gasteiger partial charge is 0.340 e. The van der Waals surface area contributed by atoms with Crippen LogP contribution in [0.5, 0.6) is 0 Å². The van der Waals surface area contributed by atoms with Gasteiger partial charge in [-0.25, -0.2) is 4.98 Å². The van der Waals surface area contributed by atoms with Crippen molar-refractivity contribution in [2.45, 2.75) is 51.5 Å². The van der Waals surface area contributed by atoms with Crippen LogP contribution in [-0.4, -0.2) is 32.9 Å². The van der Waals surface area contributed by atoms with E-state index in [9.17, 15) is 4.79 Å². The van der Waals surface area contributed by atoms with Gasteiger partial charge in [-0.15, -0.1) is 0 Å². The lowest BCUT2D eigenvalue weighted by molar-refractivity contribution is -0.134. The summed E-state index contributed by atoms with van der Waals surface area (Å²) in [7, 11) is 0. The molecule has 4 nitrogen and oxygen atoms in total. The molecule has 0 spiro atoms. The van der Waals surface area contributed by atoms with E-state index in [2.05, 4.69) is 34.6 Å². The van der Waals surface area contributed by atoms with E-state index in [0.29, 0.717) is 18.9 Å². The monoisotopic (exact) mass is 361 g/mol. The number of imidazole rings is 1. The third-order valence-corrected chi connectivity index (χ3v) is 5.63. The summed E-state index contributed by atoms with van der Waals surface area (Å²) < 4.78 is 2.19. The van der Waals surface area contributed by atoms with Crippen molar-refractivity contribution in [1.29, 1.82) is 0 Å². The number of aromatic nitrogens is 2. The molecule has 0 N–H and O–H groups in total. The Morgan fingerprint density at radius 3 is 2.67 bits per heavy atom. The smallest absolute Gasteiger partial charge is 0.223 e. The Kier molecular flexibility index (Phi) is 5.23. The number of rotatable bonds is 5. The first-order valence-corrected chi connectivity index (χ1v) is 10.1. The number of carbonyl (C=O) groups is 1. The van der Waals surface area contributed by atoms with E-state index in [1.807, 2.05) is 36.4 Å². The van der Waals surface area contributed by atoms with E-state index in [1.54, 1.807) is 0 Å². The summed E-state index contributed by atoms with van der Waals surface area (Å²) in [5.41, 5.74) is 3.17. The van der Waals surface area contributed by atoms with Crippen molar-refractivity contribution >= 4 is 16.9 Å². The van der Waals surface area contributed by atoms with Crippen molar-refractivity contribution in [3.05, 3.63) is 60.4 Å². The molecule has 1 aliphatic heterocycles. The van der Waals surface area contributed by atoms with Gasteiger partial charge in [0.2, 0.25) is 5.91 Å². The third kappa shape index (κ3) is 3.61. The fourth-order valence-corrected chi connectivity index (χ4v) is 4.22. The molecule has 1 atom stereocenters. The molecule has 1 saturated heterocycles. The van der Waals surface area contributed by atoms with Crippen LogP contribution in [0.2, 0.25) is 0 Å². The maximum Gasteiger partial charge on any atom is 0.223 e. The normalized spacial score (nSPS) is 17.4. The lowest BCUT2D eigenvalue weighted by Crippen LogP contribution is -2.43. The zero-order valence-electron chi connectivity index (χ0n) is 16.0. The molecule has 0 radical (unpaired) electrons. The van der Waals surface area contributed by atoms with Crippen LogP contribution in [0.4, 0.5) is 0 Å². The standard InChI is InChI=1S/C23H27N3O/c1-2-18-10-8-9-17-25(18)23(27)16-15-22-24-20-13-6-7-14-21(20)26(22)19-11-4-3-5-12-19/h3-7,11-14,18H,2,8-10,15-17H2,1H3/t18-/m1/s1. The van der Waals surface area contributed by atoms with Crippen LogP contribution in [0.25, 0.3) is 16.7 Å². The Labute approximate surface area is 160 Å². The van der Waals surface area contributed by atoms with Gasteiger partial charge in [-0.1, -0.05) is 37.3 Å². The Balaban J connectivity index is 1.60. The van der Waals surface area contributed by atoms with Gasteiger partial charge in [0.25, 0.3) is 0 Å². The number of carbonyl (C=O) groups excluding carboxylic acids is 1. The van der Waals surface area contributed by atoms with Crippen molar-refractivity contribution < 1.29 is 4.79 Å². The summed E-state index contributed by atoms with van der Waals surface area (Å²) >= 11 is 0. The highest BCUT2D eigenvalue weighted by Gasteiger charge is 2.25. The Morgan fingerprint density at radius 1 is 1.07 bits per heavy atom.